The van der Waals surface area contributed by atoms with E-state index < -0.39 is 0 Å². The summed E-state index contributed by atoms with van der Waals surface area (Å²) in [6.07, 6.45) is 1.34. The summed E-state index contributed by atoms with van der Waals surface area (Å²) in [5.41, 5.74) is 1.56. The maximum atomic E-state index is 12.2. The first-order chi connectivity index (χ1) is 10.6. The molecule has 0 bridgehead atoms. The van der Waals surface area contributed by atoms with E-state index in [2.05, 4.69) is 20.3 Å². The molecule has 7 nitrogen and oxygen atoms in total. The molecule has 1 amide bonds. The molecule has 1 atom stereocenters. The minimum absolute atomic E-state index is 0.169. The van der Waals surface area contributed by atoms with Gasteiger partial charge in [-0.2, -0.15) is 0 Å². The van der Waals surface area contributed by atoms with E-state index in [0.29, 0.717) is 11.3 Å². The van der Waals surface area contributed by atoms with Gasteiger partial charge in [0.15, 0.2) is 11.3 Å². The fourth-order valence-corrected chi connectivity index (χ4v) is 2.37. The van der Waals surface area contributed by atoms with Crippen LogP contribution in [0.5, 0.6) is 0 Å². The molecule has 0 aliphatic rings. The molecule has 2 heterocycles. The maximum Gasteiger partial charge on any atom is 0.329 e. The summed E-state index contributed by atoms with van der Waals surface area (Å²) in [6, 6.07) is 9.38. The number of amides is 1. The van der Waals surface area contributed by atoms with Gasteiger partial charge < -0.3 is 5.32 Å². The first kappa shape index (κ1) is 14.0. The number of hydrogen-bond acceptors (Lipinski definition) is 4. The summed E-state index contributed by atoms with van der Waals surface area (Å²) in [7, 11) is 1.52. The number of aromatic nitrogens is 4. The molecule has 0 aliphatic heterocycles. The summed E-state index contributed by atoms with van der Waals surface area (Å²) in [6.45, 7) is 1.90. The van der Waals surface area contributed by atoms with E-state index in [4.69, 9.17) is 0 Å². The SMILES string of the molecule is CNC(=O)c1cnc2[nH]c(=O)n([C@@H](C)c3ccccc3)c2n1. The van der Waals surface area contributed by atoms with E-state index in [9.17, 15) is 9.59 Å². The van der Waals surface area contributed by atoms with Gasteiger partial charge in [0, 0.05) is 7.05 Å². The zero-order valence-corrected chi connectivity index (χ0v) is 12.2. The Bertz CT molecular complexity index is 882. The highest BCUT2D eigenvalue weighted by atomic mass is 16.2. The van der Waals surface area contributed by atoms with Gasteiger partial charge in [-0.3, -0.25) is 14.3 Å². The molecule has 2 N–H and O–H groups in total. The third-order valence-corrected chi connectivity index (χ3v) is 3.56. The van der Waals surface area contributed by atoms with E-state index in [1.807, 2.05) is 37.3 Å². The molecule has 0 fully saturated rings. The molecule has 0 spiro atoms. The normalized spacial score (nSPS) is 12.3. The molecular formula is C15H15N5O2. The van der Waals surface area contributed by atoms with Crippen LogP contribution in [-0.2, 0) is 0 Å². The molecule has 1 aromatic carbocycles. The van der Waals surface area contributed by atoms with E-state index in [1.165, 1.54) is 17.8 Å². The van der Waals surface area contributed by atoms with Crippen molar-refractivity contribution in [1.82, 2.24) is 24.8 Å². The number of benzene rings is 1. The van der Waals surface area contributed by atoms with Gasteiger partial charge in [-0.15, -0.1) is 0 Å². The van der Waals surface area contributed by atoms with E-state index in [-0.39, 0.29) is 23.3 Å². The zero-order chi connectivity index (χ0) is 15.7. The summed E-state index contributed by atoms with van der Waals surface area (Å²) in [5, 5.41) is 2.49. The molecule has 3 aromatic rings. The summed E-state index contributed by atoms with van der Waals surface area (Å²) in [4.78, 5) is 35.0. The summed E-state index contributed by atoms with van der Waals surface area (Å²) >= 11 is 0. The van der Waals surface area contributed by atoms with Gasteiger partial charge in [0.1, 0.15) is 5.69 Å². The van der Waals surface area contributed by atoms with E-state index in [0.717, 1.165) is 5.56 Å². The number of carbonyl (C=O) groups is 1. The molecule has 0 unspecified atom stereocenters. The standard InChI is InChI=1S/C15H15N5O2/c1-9(10-6-4-3-5-7-10)20-13-12(19-15(20)22)17-8-11(18-13)14(21)16-2/h3-9H,1-2H3,(H,16,21)(H,17,19,22)/t9-/m0/s1. The number of rotatable bonds is 3. The second-order valence-electron chi connectivity index (χ2n) is 4.89. The highest BCUT2D eigenvalue weighted by Gasteiger charge is 2.18. The van der Waals surface area contributed by atoms with Gasteiger partial charge in [-0.1, -0.05) is 30.3 Å². The number of hydrogen-bond donors (Lipinski definition) is 2. The number of nitrogens with zero attached hydrogens (tertiary/aromatic N) is 3. The molecular weight excluding hydrogens is 282 g/mol. The molecule has 3 rings (SSSR count). The van der Waals surface area contributed by atoms with E-state index in [1.54, 1.807) is 0 Å². The lowest BCUT2D eigenvalue weighted by Gasteiger charge is -2.13. The molecule has 7 heteroatoms. The number of imidazole rings is 1. The van der Waals surface area contributed by atoms with Gasteiger partial charge in [0.05, 0.1) is 12.2 Å². The van der Waals surface area contributed by atoms with Crippen LogP contribution in [0, 0.1) is 0 Å². The Hall–Kier alpha value is -2.96. The Kier molecular flexibility index (Phi) is 3.46. The zero-order valence-electron chi connectivity index (χ0n) is 12.2. The number of H-pyrrole nitrogens is 1. The number of aromatic amines is 1. The highest BCUT2D eigenvalue weighted by molar-refractivity contribution is 5.92. The van der Waals surface area contributed by atoms with Crippen molar-refractivity contribution < 1.29 is 4.79 Å². The average molecular weight is 297 g/mol. The molecule has 0 saturated carbocycles. The monoisotopic (exact) mass is 297 g/mol. The smallest absolute Gasteiger partial charge is 0.329 e. The minimum atomic E-state index is -0.345. The van der Waals surface area contributed by atoms with Crippen molar-refractivity contribution in [2.24, 2.45) is 0 Å². The molecule has 2 aromatic heterocycles. The topological polar surface area (TPSA) is 92.7 Å². The van der Waals surface area contributed by atoms with Crippen LogP contribution in [0.3, 0.4) is 0 Å². The van der Waals surface area contributed by atoms with Crippen molar-refractivity contribution in [1.29, 1.82) is 0 Å². The minimum Gasteiger partial charge on any atom is -0.354 e. The van der Waals surface area contributed by atoms with Gasteiger partial charge in [-0.25, -0.2) is 14.8 Å². The van der Waals surface area contributed by atoms with Crippen molar-refractivity contribution in [3.05, 3.63) is 58.3 Å². The third kappa shape index (κ3) is 2.26. The van der Waals surface area contributed by atoms with Crippen LogP contribution in [0.1, 0.15) is 29.0 Å². The summed E-state index contributed by atoms with van der Waals surface area (Å²) < 4.78 is 1.50. The maximum absolute atomic E-state index is 12.2. The van der Waals surface area contributed by atoms with Crippen LogP contribution < -0.4 is 11.0 Å². The Balaban J connectivity index is 2.18. The van der Waals surface area contributed by atoms with Crippen LogP contribution in [0.15, 0.2) is 41.3 Å². The van der Waals surface area contributed by atoms with Crippen LogP contribution in [0.25, 0.3) is 11.3 Å². The molecule has 0 saturated heterocycles. The number of fused-ring (bicyclic) bond motifs is 1. The van der Waals surface area contributed by atoms with Crippen molar-refractivity contribution in [2.75, 3.05) is 7.05 Å². The average Bonchev–Trinajstić information content (AvgIpc) is 2.89. The molecule has 0 aliphatic carbocycles. The van der Waals surface area contributed by atoms with Crippen LogP contribution >= 0.6 is 0 Å². The Morgan fingerprint density at radius 2 is 2.05 bits per heavy atom. The Labute approximate surface area is 126 Å². The highest BCUT2D eigenvalue weighted by Crippen LogP contribution is 2.19. The fourth-order valence-electron chi connectivity index (χ4n) is 2.37. The Morgan fingerprint density at radius 3 is 2.73 bits per heavy atom. The van der Waals surface area contributed by atoms with Crippen molar-refractivity contribution in [3.8, 4) is 0 Å². The lowest BCUT2D eigenvalue weighted by atomic mass is 10.1. The molecule has 22 heavy (non-hydrogen) atoms. The van der Waals surface area contributed by atoms with Gasteiger partial charge in [0.2, 0.25) is 0 Å². The van der Waals surface area contributed by atoms with Gasteiger partial charge in [0.25, 0.3) is 5.91 Å². The molecule has 0 radical (unpaired) electrons. The third-order valence-electron chi connectivity index (χ3n) is 3.56. The summed E-state index contributed by atoms with van der Waals surface area (Å²) in [5.74, 6) is -0.345. The number of nitrogens with one attached hydrogen (secondary N) is 2. The Morgan fingerprint density at radius 1 is 1.32 bits per heavy atom. The lowest BCUT2D eigenvalue weighted by molar-refractivity contribution is 0.0958. The van der Waals surface area contributed by atoms with Crippen LogP contribution in [0.4, 0.5) is 0 Å². The second-order valence-corrected chi connectivity index (χ2v) is 4.89. The molecule has 112 valence electrons. The fraction of sp³-hybridized carbons (Fsp3) is 0.200. The largest absolute Gasteiger partial charge is 0.354 e. The first-order valence-electron chi connectivity index (χ1n) is 6.86. The van der Waals surface area contributed by atoms with Crippen LogP contribution in [-0.4, -0.2) is 32.5 Å². The number of carbonyl (C=O) groups excluding carboxylic acids is 1. The first-order valence-corrected chi connectivity index (χ1v) is 6.86. The van der Waals surface area contributed by atoms with Crippen molar-refractivity contribution in [3.63, 3.8) is 0 Å². The van der Waals surface area contributed by atoms with E-state index >= 15 is 0 Å². The quantitative estimate of drug-likeness (QED) is 0.757. The lowest BCUT2D eigenvalue weighted by Crippen LogP contribution is -2.23. The predicted octanol–water partition coefficient (Wildman–Crippen LogP) is 1.09. The van der Waals surface area contributed by atoms with Crippen molar-refractivity contribution >= 4 is 17.2 Å². The van der Waals surface area contributed by atoms with Gasteiger partial charge in [-0.05, 0) is 12.5 Å². The van der Waals surface area contributed by atoms with Crippen molar-refractivity contribution in [2.45, 2.75) is 13.0 Å². The second kappa shape index (κ2) is 5.44. The van der Waals surface area contributed by atoms with Gasteiger partial charge >= 0.3 is 5.69 Å². The predicted molar refractivity (Wildman–Crippen MR) is 81.8 cm³/mol. The van der Waals surface area contributed by atoms with Crippen LogP contribution in [0.2, 0.25) is 0 Å².